The van der Waals surface area contributed by atoms with Gasteiger partial charge in [0.25, 0.3) is 0 Å². The van der Waals surface area contributed by atoms with Gasteiger partial charge in [-0.3, -0.25) is 0 Å². The van der Waals surface area contributed by atoms with E-state index in [-0.39, 0.29) is 0 Å². The molecule has 1 N–H and O–H groups in total. The van der Waals surface area contributed by atoms with Crippen molar-refractivity contribution in [2.45, 2.75) is 6.54 Å². The number of nitrogens with one attached hydrogen (secondary N) is 1. The number of nitrogens with zero attached hydrogens (tertiary/aromatic N) is 3. The van der Waals surface area contributed by atoms with Crippen LogP contribution in [0.15, 0.2) is 65.4 Å². The minimum atomic E-state index is 0.790. The first-order valence-electron chi connectivity index (χ1n) is 6.26. The average Bonchev–Trinajstić information content (AvgIpc) is 3.00. The Kier molecular flexibility index (Phi) is 3.78. The van der Waals surface area contributed by atoms with Crippen LogP contribution in [-0.2, 0) is 6.54 Å². The highest BCUT2D eigenvalue weighted by Gasteiger charge is 1.98. The van der Waals surface area contributed by atoms with Gasteiger partial charge in [-0.25, -0.2) is 0 Å². The van der Waals surface area contributed by atoms with Crippen molar-refractivity contribution in [2.24, 2.45) is 0 Å². The molecule has 1 heterocycles. The lowest BCUT2D eigenvalue weighted by Crippen LogP contribution is -2.01. The number of aromatic nitrogens is 3. The van der Waals surface area contributed by atoms with Crippen LogP contribution in [0.5, 0.6) is 0 Å². The Morgan fingerprint density at radius 3 is 2.45 bits per heavy atom. The van der Waals surface area contributed by atoms with E-state index in [0.29, 0.717) is 0 Å². The van der Waals surface area contributed by atoms with Crippen molar-refractivity contribution in [3.8, 4) is 5.69 Å². The van der Waals surface area contributed by atoms with Crippen molar-refractivity contribution >= 4 is 21.6 Å². The summed E-state index contributed by atoms with van der Waals surface area (Å²) >= 11 is 3.48. The molecule has 0 atom stereocenters. The fourth-order valence-corrected chi connectivity index (χ4v) is 2.36. The molecule has 0 amide bonds. The summed E-state index contributed by atoms with van der Waals surface area (Å²) in [5.74, 6) is 0. The smallest absolute Gasteiger partial charge is 0.0858 e. The Bertz CT molecular complexity index is 677. The summed E-state index contributed by atoms with van der Waals surface area (Å²) in [6.07, 6.45) is 3.33. The van der Waals surface area contributed by atoms with Crippen LogP contribution in [0.4, 0.5) is 5.69 Å². The normalized spacial score (nSPS) is 10.4. The zero-order chi connectivity index (χ0) is 13.8. The predicted molar refractivity (Wildman–Crippen MR) is 82.8 cm³/mol. The fraction of sp³-hybridized carbons (Fsp3) is 0.0667. The van der Waals surface area contributed by atoms with Crippen molar-refractivity contribution in [3.05, 3.63) is 71.0 Å². The summed E-state index contributed by atoms with van der Waals surface area (Å²) in [7, 11) is 0. The zero-order valence-corrected chi connectivity index (χ0v) is 12.3. The standard InChI is InChI=1S/C15H13BrN4/c16-13-3-1-2-12(10-13)11-17-14-4-6-15(7-5-14)20-18-8-9-19-20/h1-10,17H,11H2. The van der Waals surface area contributed by atoms with Crippen LogP contribution in [0.25, 0.3) is 5.69 Å². The quantitative estimate of drug-likeness (QED) is 0.795. The number of anilines is 1. The monoisotopic (exact) mass is 328 g/mol. The van der Waals surface area contributed by atoms with Crippen LogP contribution in [0.3, 0.4) is 0 Å². The number of benzene rings is 2. The molecule has 3 rings (SSSR count). The van der Waals surface area contributed by atoms with E-state index in [1.54, 1.807) is 17.2 Å². The first-order valence-corrected chi connectivity index (χ1v) is 7.06. The van der Waals surface area contributed by atoms with Gasteiger partial charge in [0.15, 0.2) is 0 Å². The van der Waals surface area contributed by atoms with E-state index < -0.39 is 0 Å². The van der Waals surface area contributed by atoms with Crippen molar-refractivity contribution in [1.29, 1.82) is 0 Å². The molecule has 5 heteroatoms. The minimum Gasteiger partial charge on any atom is -0.381 e. The maximum absolute atomic E-state index is 4.10. The lowest BCUT2D eigenvalue weighted by atomic mass is 10.2. The molecule has 1 aromatic heterocycles. The van der Waals surface area contributed by atoms with Crippen LogP contribution in [0.1, 0.15) is 5.56 Å². The van der Waals surface area contributed by atoms with Crippen LogP contribution in [0, 0.1) is 0 Å². The van der Waals surface area contributed by atoms with E-state index >= 15 is 0 Å². The summed E-state index contributed by atoms with van der Waals surface area (Å²) in [5, 5.41) is 11.6. The minimum absolute atomic E-state index is 0.790. The SMILES string of the molecule is Brc1cccc(CNc2ccc(-n3nccn3)cc2)c1. The van der Waals surface area contributed by atoms with E-state index in [9.17, 15) is 0 Å². The van der Waals surface area contributed by atoms with Gasteiger partial charge in [-0.15, -0.1) is 0 Å². The van der Waals surface area contributed by atoms with Crippen LogP contribution in [0.2, 0.25) is 0 Å². The number of rotatable bonds is 4. The van der Waals surface area contributed by atoms with Gasteiger partial charge < -0.3 is 5.32 Å². The van der Waals surface area contributed by atoms with Crippen LogP contribution >= 0.6 is 15.9 Å². The molecule has 2 aromatic carbocycles. The Balaban J connectivity index is 1.67. The van der Waals surface area contributed by atoms with Gasteiger partial charge in [0.1, 0.15) is 0 Å². The molecule has 0 saturated heterocycles. The van der Waals surface area contributed by atoms with E-state index in [4.69, 9.17) is 0 Å². The second kappa shape index (κ2) is 5.88. The number of hydrogen-bond acceptors (Lipinski definition) is 3. The molecule has 0 aliphatic heterocycles. The third-order valence-electron chi connectivity index (χ3n) is 2.90. The molecule has 3 aromatic rings. The van der Waals surface area contributed by atoms with E-state index in [1.807, 2.05) is 36.4 Å². The van der Waals surface area contributed by atoms with Crippen LogP contribution < -0.4 is 5.32 Å². The van der Waals surface area contributed by atoms with E-state index in [2.05, 4.69) is 43.6 Å². The van der Waals surface area contributed by atoms with Crippen molar-refractivity contribution in [3.63, 3.8) is 0 Å². The maximum Gasteiger partial charge on any atom is 0.0858 e. The van der Waals surface area contributed by atoms with Gasteiger partial charge in [0.2, 0.25) is 0 Å². The van der Waals surface area contributed by atoms with Gasteiger partial charge in [-0.1, -0.05) is 28.1 Å². The summed E-state index contributed by atoms with van der Waals surface area (Å²) in [5.41, 5.74) is 3.25. The van der Waals surface area contributed by atoms with Gasteiger partial charge in [0, 0.05) is 16.7 Å². The zero-order valence-electron chi connectivity index (χ0n) is 10.7. The van der Waals surface area contributed by atoms with Crippen molar-refractivity contribution < 1.29 is 0 Å². The first kappa shape index (κ1) is 12.9. The highest BCUT2D eigenvalue weighted by Crippen LogP contribution is 2.15. The lowest BCUT2D eigenvalue weighted by molar-refractivity contribution is 0.752. The summed E-state index contributed by atoms with van der Waals surface area (Å²) in [4.78, 5) is 1.60. The largest absolute Gasteiger partial charge is 0.381 e. The number of halogens is 1. The molecule has 0 unspecified atom stereocenters. The molecule has 0 aliphatic carbocycles. The molecule has 0 radical (unpaired) electrons. The fourth-order valence-electron chi connectivity index (χ4n) is 1.91. The first-order chi connectivity index (χ1) is 9.81. The Morgan fingerprint density at radius 2 is 1.75 bits per heavy atom. The summed E-state index contributed by atoms with van der Waals surface area (Å²) < 4.78 is 1.09. The van der Waals surface area contributed by atoms with Crippen molar-refractivity contribution in [1.82, 2.24) is 15.0 Å². The Labute approximate surface area is 125 Å². The third kappa shape index (κ3) is 3.05. The van der Waals surface area contributed by atoms with Gasteiger partial charge in [-0.05, 0) is 42.0 Å². The molecule has 20 heavy (non-hydrogen) atoms. The van der Waals surface area contributed by atoms with Gasteiger partial charge >= 0.3 is 0 Å². The Hall–Kier alpha value is -2.14. The highest BCUT2D eigenvalue weighted by atomic mass is 79.9. The molecule has 100 valence electrons. The highest BCUT2D eigenvalue weighted by molar-refractivity contribution is 9.10. The topological polar surface area (TPSA) is 42.7 Å². The molecule has 0 spiro atoms. The average molecular weight is 329 g/mol. The molecule has 0 saturated carbocycles. The van der Waals surface area contributed by atoms with E-state index in [0.717, 1.165) is 22.4 Å². The molecule has 0 aliphatic rings. The second-order valence-electron chi connectivity index (χ2n) is 4.35. The molecule has 0 bridgehead atoms. The molecular formula is C15H13BrN4. The third-order valence-corrected chi connectivity index (χ3v) is 3.40. The Morgan fingerprint density at radius 1 is 1.00 bits per heavy atom. The second-order valence-corrected chi connectivity index (χ2v) is 5.26. The van der Waals surface area contributed by atoms with E-state index in [1.165, 1.54) is 5.56 Å². The van der Waals surface area contributed by atoms with Gasteiger partial charge in [-0.2, -0.15) is 15.0 Å². The van der Waals surface area contributed by atoms with Crippen molar-refractivity contribution in [2.75, 3.05) is 5.32 Å². The van der Waals surface area contributed by atoms with Crippen LogP contribution in [-0.4, -0.2) is 15.0 Å². The maximum atomic E-state index is 4.10. The number of hydrogen-bond donors (Lipinski definition) is 1. The predicted octanol–water partition coefficient (Wildman–Crippen LogP) is 3.64. The molecular weight excluding hydrogens is 316 g/mol. The molecule has 0 fully saturated rings. The summed E-state index contributed by atoms with van der Waals surface area (Å²) in [6.45, 7) is 0.790. The lowest BCUT2D eigenvalue weighted by Gasteiger charge is -2.07. The van der Waals surface area contributed by atoms with Gasteiger partial charge in [0.05, 0.1) is 18.1 Å². The summed E-state index contributed by atoms with van der Waals surface area (Å²) in [6, 6.07) is 16.3. The molecule has 4 nitrogen and oxygen atoms in total.